The maximum Gasteiger partial charge on any atom is 0.157 e. The molecule has 0 bridgehead atoms. The Morgan fingerprint density at radius 1 is 1.29 bits per heavy atom. The number of hydrogen-bond acceptors (Lipinski definition) is 4. The first-order chi connectivity index (χ1) is 7.92. The number of hydrogen-bond donors (Lipinski definition) is 2. The van der Waals surface area contributed by atoms with Gasteiger partial charge in [0.1, 0.15) is 0 Å². The standard InChI is InChI=1S/C12H27BO3S/c1-8(2)16-7-10(9(3)17)6-11(15-5)12(14)13-4/h8-14,17H,6-7H2,1-5H3/t9?,10?,11-,12?/m1/s1. The molecule has 3 nitrogen and oxygen atoms in total. The van der Waals surface area contributed by atoms with Gasteiger partial charge in [-0.2, -0.15) is 12.6 Å². The van der Waals surface area contributed by atoms with Crippen molar-refractivity contribution >= 4 is 19.9 Å². The second-order valence-electron chi connectivity index (χ2n) is 4.87. The van der Waals surface area contributed by atoms with E-state index in [1.807, 2.05) is 20.7 Å². The van der Waals surface area contributed by atoms with Crippen LogP contribution in [0.15, 0.2) is 0 Å². The fourth-order valence-electron chi connectivity index (χ4n) is 1.69. The summed E-state index contributed by atoms with van der Waals surface area (Å²) in [4.78, 5) is 0. The van der Waals surface area contributed by atoms with Crippen molar-refractivity contribution < 1.29 is 14.6 Å². The molecule has 0 aromatic rings. The Balaban J connectivity index is 4.30. The van der Waals surface area contributed by atoms with Crippen molar-refractivity contribution in [2.24, 2.45) is 5.92 Å². The van der Waals surface area contributed by atoms with Crippen molar-refractivity contribution in [1.29, 1.82) is 0 Å². The Hall–Kier alpha value is 0.295. The van der Waals surface area contributed by atoms with Crippen LogP contribution in [-0.2, 0) is 9.47 Å². The first-order valence-corrected chi connectivity index (χ1v) is 6.94. The van der Waals surface area contributed by atoms with Crippen LogP contribution < -0.4 is 0 Å². The van der Waals surface area contributed by atoms with E-state index in [1.54, 1.807) is 7.11 Å². The maximum atomic E-state index is 9.84. The quantitative estimate of drug-likeness (QED) is 0.489. The minimum Gasteiger partial charge on any atom is -0.399 e. The van der Waals surface area contributed by atoms with Crippen molar-refractivity contribution in [3.63, 3.8) is 0 Å². The number of methoxy groups -OCH3 is 1. The van der Waals surface area contributed by atoms with Gasteiger partial charge in [-0.05, 0) is 26.2 Å². The number of thiol groups is 1. The lowest BCUT2D eigenvalue weighted by molar-refractivity contribution is -0.0103. The molecule has 0 fully saturated rings. The van der Waals surface area contributed by atoms with Crippen molar-refractivity contribution in [2.75, 3.05) is 13.7 Å². The molecule has 1 N–H and O–H groups in total. The summed E-state index contributed by atoms with van der Waals surface area (Å²) >= 11 is 4.49. The molecule has 3 unspecified atom stereocenters. The van der Waals surface area contributed by atoms with Gasteiger partial charge in [-0.15, -0.1) is 0 Å². The van der Waals surface area contributed by atoms with Gasteiger partial charge in [-0.25, -0.2) is 0 Å². The highest BCUT2D eigenvalue weighted by atomic mass is 32.1. The third-order valence-corrected chi connectivity index (χ3v) is 3.43. The highest BCUT2D eigenvalue weighted by Gasteiger charge is 2.25. The SMILES string of the molecule is CBC(O)[C@@H](CC(COC(C)C)C(C)S)OC. The second kappa shape index (κ2) is 9.25. The molecule has 0 saturated carbocycles. The van der Waals surface area contributed by atoms with Crippen LogP contribution in [-0.4, -0.2) is 49.6 Å². The van der Waals surface area contributed by atoms with Crippen molar-refractivity contribution in [1.82, 2.24) is 0 Å². The van der Waals surface area contributed by atoms with Gasteiger partial charge in [0.05, 0.1) is 24.8 Å². The van der Waals surface area contributed by atoms with E-state index in [1.165, 1.54) is 0 Å². The molecular weight excluding hydrogens is 235 g/mol. The summed E-state index contributed by atoms with van der Waals surface area (Å²) in [6.07, 6.45) is 0.875. The van der Waals surface area contributed by atoms with Crippen LogP contribution in [0, 0.1) is 5.92 Å². The monoisotopic (exact) mass is 262 g/mol. The molecule has 0 rings (SSSR count). The van der Waals surface area contributed by atoms with Crippen LogP contribution in [0.2, 0.25) is 6.82 Å². The molecule has 0 aliphatic carbocycles. The third-order valence-electron chi connectivity index (χ3n) is 3.01. The third kappa shape index (κ3) is 7.34. The molecule has 4 atom stereocenters. The van der Waals surface area contributed by atoms with Crippen molar-refractivity contribution in [3.8, 4) is 0 Å². The molecule has 102 valence electrons. The minimum absolute atomic E-state index is 0.129. The number of aliphatic hydroxyl groups is 1. The average Bonchev–Trinajstić information content (AvgIpc) is 2.27. The zero-order valence-electron chi connectivity index (χ0n) is 11.7. The Morgan fingerprint density at radius 3 is 2.24 bits per heavy atom. The smallest absolute Gasteiger partial charge is 0.157 e. The van der Waals surface area contributed by atoms with Gasteiger partial charge in [0.2, 0.25) is 0 Å². The van der Waals surface area contributed by atoms with Gasteiger partial charge in [0.15, 0.2) is 7.28 Å². The lowest BCUT2D eigenvalue weighted by Gasteiger charge is -2.28. The van der Waals surface area contributed by atoms with Gasteiger partial charge in [-0.1, -0.05) is 13.7 Å². The van der Waals surface area contributed by atoms with E-state index in [0.29, 0.717) is 19.8 Å². The molecule has 0 amide bonds. The fraction of sp³-hybridized carbons (Fsp3) is 1.00. The number of aliphatic hydroxyl groups excluding tert-OH is 1. The van der Waals surface area contributed by atoms with E-state index >= 15 is 0 Å². The topological polar surface area (TPSA) is 38.7 Å². The molecule has 0 aliphatic rings. The fourth-order valence-corrected chi connectivity index (χ4v) is 1.90. The van der Waals surface area contributed by atoms with E-state index in [-0.39, 0.29) is 17.5 Å². The van der Waals surface area contributed by atoms with Crippen molar-refractivity contribution in [3.05, 3.63) is 0 Å². The Kier molecular flexibility index (Phi) is 9.42. The largest absolute Gasteiger partial charge is 0.399 e. The molecule has 17 heavy (non-hydrogen) atoms. The molecule has 0 spiro atoms. The molecule has 0 aromatic carbocycles. The molecule has 5 heteroatoms. The molecule has 0 saturated heterocycles. The normalized spacial score (nSPS) is 18.8. The summed E-state index contributed by atoms with van der Waals surface area (Å²) < 4.78 is 11.0. The van der Waals surface area contributed by atoms with Gasteiger partial charge < -0.3 is 14.6 Å². The van der Waals surface area contributed by atoms with E-state index in [4.69, 9.17) is 9.47 Å². The Morgan fingerprint density at radius 2 is 1.88 bits per heavy atom. The van der Waals surface area contributed by atoms with Crippen LogP contribution in [0.5, 0.6) is 0 Å². The average molecular weight is 262 g/mol. The minimum atomic E-state index is -0.409. The highest BCUT2D eigenvalue weighted by molar-refractivity contribution is 7.80. The molecule has 0 aliphatic heterocycles. The zero-order valence-corrected chi connectivity index (χ0v) is 12.6. The summed E-state index contributed by atoms with van der Waals surface area (Å²) in [7, 11) is 2.35. The van der Waals surface area contributed by atoms with E-state index in [0.717, 1.165) is 6.42 Å². The van der Waals surface area contributed by atoms with Gasteiger partial charge in [-0.3, -0.25) is 0 Å². The van der Waals surface area contributed by atoms with E-state index in [9.17, 15) is 5.11 Å². The van der Waals surface area contributed by atoms with Gasteiger partial charge >= 0.3 is 0 Å². The van der Waals surface area contributed by atoms with Crippen LogP contribution >= 0.6 is 12.6 Å². The van der Waals surface area contributed by atoms with E-state index < -0.39 is 6.00 Å². The Bertz CT molecular complexity index is 191. The summed E-state index contributed by atoms with van der Waals surface area (Å²) in [5.41, 5.74) is 0. The molecular formula is C12H27BO3S. The van der Waals surface area contributed by atoms with Gasteiger partial charge in [0.25, 0.3) is 0 Å². The second-order valence-corrected chi connectivity index (χ2v) is 5.68. The molecule has 0 radical (unpaired) electrons. The lowest BCUT2D eigenvalue weighted by atomic mass is 9.70. The molecule has 0 heterocycles. The summed E-state index contributed by atoms with van der Waals surface area (Å²) in [5, 5.41) is 10.1. The lowest BCUT2D eigenvalue weighted by Crippen LogP contribution is -2.36. The first kappa shape index (κ1) is 17.3. The highest BCUT2D eigenvalue weighted by Crippen LogP contribution is 2.20. The van der Waals surface area contributed by atoms with E-state index in [2.05, 4.69) is 19.6 Å². The van der Waals surface area contributed by atoms with Crippen LogP contribution in [0.4, 0.5) is 0 Å². The summed E-state index contributed by atoms with van der Waals surface area (Å²) in [6, 6.07) is -0.409. The maximum absolute atomic E-state index is 9.84. The summed E-state index contributed by atoms with van der Waals surface area (Å²) in [6.45, 7) is 8.73. The van der Waals surface area contributed by atoms with Gasteiger partial charge in [0, 0.05) is 12.4 Å². The van der Waals surface area contributed by atoms with Crippen molar-refractivity contribution in [2.45, 2.75) is 57.5 Å². The van der Waals surface area contributed by atoms with Crippen LogP contribution in [0.3, 0.4) is 0 Å². The zero-order chi connectivity index (χ0) is 13.4. The summed E-state index contributed by atoms with van der Waals surface area (Å²) in [5.74, 6) is 0.298. The predicted octanol–water partition coefficient (Wildman–Crippen LogP) is 1.55. The van der Waals surface area contributed by atoms with Crippen LogP contribution in [0.1, 0.15) is 27.2 Å². The Labute approximate surface area is 112 Å². The van der Waals surface area contributed by atoms with Crippen LogP contribution in [0.25, 0.3) is 0 Å². The number of ether oxygens (including phenoxy) is 2. The molecule has 0 aromatic heterocycles. The predicted molar refractivity (Wildman–Crippen MR) is 77.5 cm³/mol. The number of rotatable bonds is 9. The first-order valence-electron chi connectivity index (χ1n) is 6.42.